The Morgan fingerprint density at radius 3 is 3.00 bits per heavy atom. The van der Waals surface area contributed by atoms with E-state index in [0.717, 1.165) is 4.90 Å². The van der Waals surface area contributed by atoms with Crippen LogP contribution in [0.5, 0.6) is 0 Å². The highest BCUT2D eigenvalue weighted by molar-refractivity contribution is 7.14. The maximum Gasteiger partial charge on any atom is 0.280 e. The molecule has 126 valence electrons. The number of thiophene rings is 1. The molecule has 2 aromatic heterocycles. The highest BCUT2D eigenvalue weighted by atomic mass is 32.1. The molecule has 0 spiro atoms. The first-order chi connectivity index (χ1) is 12.1. The quantitative estimate of drug-likeness (QED) is 0.621. The summed E-state index contributed by atoms with van der Waals surface area (Å²) in [6.45, 7) is 0.600. The molecule has 0 aliphatic carbocycles. The van der Waals surface area contributed by atoms with Crippen LogP contribution in [0.25, 0.3) is 10.9 Å². The molecular formula is C17H16N5O2S+. The fourth-order valence-electron chi connectivity index (χ4n) is 2.51. The average Bonchev–Trinajstić information content (AvgIpc) is 3.01. The molecule has 7 nitrogen and oxygen atoms in total. The molecule has 1 unspecified atom stereocenters. The second kappa shape index (κ2) is 7.25. The van der Waals surface area contributed by atoms with Gasteiger partial charge in [-0.1, -0.05) is 12.1 Å². The van der Waals surface area contributed by atoms with Crippen LogP contribution < -0.4 is 15.8 Å². The van der Waals surface area contributed by atoms with Crippen molar-refractivity contribution in [3.8, 4) is 6.07 Å². The smallest absolute Gasteiger partial charge is 0.280 e. The zero-order chi connectivity index (χ0) is 17.8. The van der Waals surface area contributed by atoms with E-state index in [2.05, 4.69) is 15.3 Å². The van der Waals surface area contributed by atoms with Crippen molar-refractivity contribution < 1.29 is 9.69 Å². The lowest BCUT2D eigenvalue weighted by Gasteiger charge is -2.13. The number of nitrogens with one attached hydrogen (secondary N) is 3. The Kier molecular flexibility index (Phi) is 4.88. The predicted octanol–water partition coefficient (Wildman–Crippen LogP) is 0.510. The molecule has 2 heterocycles. The van der Waals surface area contributed by atoms with Gasteiger partial charge in [0.05, 0.1) is 23.5 Å². The first-order valence-electron chi connectivity index (χ1n) is 7.63. The van der Waals surface area contributed by atoms with E-state index in [1.807, 2.05) is 19.2 Å². The maximum atomic E-state index is 12.1. The number of likely N-dealkylation sites (N-methyl/N-ethyl adjacent to an activating group) is 1. The molecular weight excluding hydrogens is 338 g/mol. The summed E-state index contributed by atoms with van der Waals surface area (Å²) < 4.78 is 0. The molecule has 3 rings (SSSR count). The summed E-state index contributed by atoms with van der Waals surface area (Å²) in [5.41, 5.74) is 0.905. The van der Waals surface area contributed by atoms with E-state index in [1.165, 1.54) is 11.3 Å². The van der Waals surface area contributed by atoms with Gasteiger partial charge in [0, 0.05) is 0 Å². The van der Waals surface area contributed by atoms with Crippen LogP contribution in [0, 0.1) is 11.3 Å². The van der Waals surface area contributed by atoms with Gasteiger partial charge in [0.15, 0.2) is 12.4 Å². The number of nitrogens with zero attached hydrogens (tertiary/aromatic N) is 2. The number of H-pyrrole nitrogens is 1. The number of aromatic amines is 1. The number of hydrogen-bond acceptors (Lipinski definition) is 5. The van der Waals surface area contributed by atoms with E-state index in [-0.39, 0.29) is 18.0 Å². The van der Waals surface area contributed by atoms with Crippen molar-refractivity contribution in [2.75, 3.05) is 18.9 Å². The largest absolute Gasteiger partial charge is 0.323 e. The molecule has 3 N–H and O–H groups in total. The first kappa shape index (κ1) is 16.8. The van der Waals surface area contributed by atoms with Gasteiger partial charge in [-0.15, -0.1) is 11.3 Å². The minimum Gasteiger partial charge on any atom is -0.323 e. The second-order valence-corrected chi connectivity index (χ2v) is 6.58. The maximum absolute atomic E-state index is 12.1. The van der Waals surface area contributed by atoms with Crippen LogP contribution in [0.15, 0.2) is 40.5 Å². The predicted molar refractivity (Wildman–Crippen MR) is 95.5 cm³/mol. The number of carbonyl (C=O) groups is 1. The van der Waals surface area contributed by atoms with Crippen molar-refractivity contribution in [2.45, 2.75) is 6.54 Å². The van der Waals surface area contributed by atoms with Crippen LogP contribution in [0.1, 0.15) is 11.4 Å². The monoisotopic (exact) mass is 354 g/mol. The van der Waals surface area contributed by atoms with Crippen molar-refractivity contribution in [3.63, 3.8) is 0 Å². The molecule has 0 aliphatic rings. The Morgan fingerprint density at radius 2 is 2.20 bits per heavy atom. The lowest BCUT2D eigenvalue weighted by atomic mass is 10.2. The molecule has 0 radical (unpaired) electrons. The Morgan fingerprint density at radius 1 is 1.40 bits per heavy atom. The van der Waals surface area contributed by atoms with Gasteiger partial charge in [-0.25, -0.2) is 4.98 Å². The van der Waals surface area contributed by atoms with Gasteiger partial charge >= 0.3 is 0 Å². The third-order valence-electron chi connectivity index (χ3n) is 3.63. The number of carbonyl (C=O) groups excluding carboxylic acids is 1. The Labute approximate surface area is 147 Å². The minimum absolute atomic E-state index is 0.185. The van der Waals surface area contributed by atoms with Gasteiger partial charge in [-0.2, -0.15) is 5.26 Å². The number of nitriles is 1. The van der Waals surface area contributed by atoms with E-state index in [9.17, 15) is 9.59 Å². The van der Waals surface area contributed by atoms with Crippen molar-refractivity contribution in [1.82, 2.24) is 9.97 Å². The third kappa shape index (κ3) is 3.91. The molecule has 0 saturated heterocycles. The van der Waals surface area contributed by atoms with E-state index < -0.39 is 0 Å². The molecule has 0 bridgehead atoms. The number of hydrogen-bond donors (Lipinski definition) is 3. The van der Waals surface area contributed by atoms with Gasteiger partial charge in [0.25, 0.3) is 11.5 Å². The highest BCUT2D eigenvalue weighted by Gasteiger charge is 2.15. The van der Waals surface area contributed by atoms with Crippen LogP contribution in [-0.4, -0.2) is 29.5 Å². The summed E-state index contributed by atoms with van der Waals surface area (Å²) in [6.07, 6.45) is 0. The van der Waals surface area contributed by atoms with E-state index in [4.69, 9.17) is 5.26 Å². The first-order valence-corrected chi connectivity index (χ1v) is 8.51. The summed E-state index contributed by atoms with van der Waals surface area (Å²) in [5, 5.41) is 14.6. The SMILES string of the molecule is C[NH+](CC(=O)Nc1sccc1C#N)Cc1nc2ccccc2c(=O)[nH]1. The zero-order valence-electron chi connectivity index (χ0n) is 13.5. The summed E-state index contributed by atoms with van der Waals surface area (Å²) in [7, 11) is 1.84. The summed E-state index contributed by atoms with van der Waals surface area (Å²) in [5.74, 6) is 0.336. The Bertz CT molecular complexity index is 1020. The Balaban J connectivity index is 1.66. The van der Waals surface area contributed by atoms with E-state index >= 15 is 0 Å². The third-order valence-corrected chi connectivity index (χ3v) is 4.46. The lowest BCUT2D eigenvalue weighted by molar-refractivity contribution is -0.885. The Hall–Kier alpha value is -3.02. The van der Waals surface area contributed by atoms with Crippen molar-refractivity contribution in [3.05, 3.63) is 57.5 Å². The fraction of sp³-hybridized carbons (Fsp3) is 0.176. The van der Waals surface area contributed by atoms with Crippen LogP contribution >= 0.6 is 11.3 Å². The summed E-state index contributed by atoms with van der Waals surface area (Å²) >= 11 is 1.31. The molecule has 0 aliphatic heterocycles. The number of benzene rings is 1. The number of para-hydroxylation sites is 1. The summed E-state index contributed by atoms with van der Waals surface area (Å²) in [4.78, 5) is 32.3. The molecule has 1 atom stereocenters. The van der Waals surface area contributed by atoms with Crippen LogP contribution in [0.4, 0.5) is 5.00 Å². The second-order valence-electron chi connectivity index (χ2n) is 5.66. The number of quaternary nitrogens is 1. The minimum atomic E-state index is -0.195. The van der Waals surface area contributed by atoms with Gasteiger partial charge < -0.3 is 15.2 Å². The number of fused-ring (bicyclic) bond motifs is 1. The number of amides is 1. The normalized spacial score (nSPS) is 11.8. The van der Waals surface area contributed by atoms with Gasteiger partial charge in [0.1, 0.15) is 17.6 Å². The van der Waals surface area contributed by atoms with Crippen molar-refractivity contribution in [2.24, 2.45) is 0 Å². The van der Waals surface area contributed by atoms with Gasteiger partial charge in [0.2, 0.25) is 0 Å². The van der Waals surface area contributed by atoms with Crippen molar-refractivity contribution >= 4 is 33.1 Å². The standard InChI is InChI=1S/C17H15N5O2S/c1-22(10-15(23)21-17-11(8-18)6-7-25-17)9-14-19-13-5-3-2-4-12(13)16(24)20-14/h2-7H,9-10H2,1H3,(H,21,23)(H,19,20,24)/p+1. The highest BCUT2D eigenvalue weighted by Crippen LogP contribution is 2.21. The molecule has 0 fully saturated rings. The molecule has 25 heavy (non-hydrogen) atoms. The average molecular weight is 354 g/mol. The van der Waals surface area contributed by atoms with Gasteiger partial charge in [-0.05, 0) is 23.6 Å². The van der Waals surface area contributed by atoms with Crippen LogP contribution in [0.3, 0.4) is 0 Å². The number of anilines is 1. The number of rotatable bonds is 5. The molecule has 8 heteroatoms. The van der Waals surface area contributed by atoms with Crippen molar-refractivity contribution in [1.29, 1.82) is 5.26 Å². The molecule has 0 saturated carbocycles. The molecule has 1 amide bonds. The van der Waals surface area contributed by atoms with Crippen LogP contribution in [0.2, 0.25) is 0 Å². The zero-order valence-corrected chi connectivity index (χ0v) is 14.3. The van der Waals surface area contributed by atoms with E-state index in [1.54, 1.807) is 29.6 Å². The van der Waals surface area contributed by atoms with Crippen LogP contribution in [-0.2, 0) is 11.3 Å². The van der Waals surface area contributed by atoms with Gasteiger partial charge in [-0.3, -0.25) is 9.59 Å². The molecule has 1 aromatic carbocycles. The van der Waals surface area contributed by atoms with E-state index in [0.29, 0.717) is 33.8 Å². The topological polar surface area (TPSA) is 103 Å². The summed E-state index contributed by atoms with van der Waals surface area (Å²) in [6, 6.07) is 10.8. The fourth-order valence-corrected chi connectivity index (χ4v) is 3.26. The molecule has 3 aromatic rings. The number of aromatic nitrogens is 2. The lowest BCUT2D eigenvalue weighted by Crippen LogP contribution is -3.08.